The normalized spacial score (nSPS) is 11.4. The molecule has 3 N–H and O–H groups in total. The van der Waals surface area contributed by atoms with Crippen LogP contribution in [-0.2, 0) is 16.6 Å². The predicted octanol–water partition coefficient (Wildman–Crippen LogP) is 2.53. The van der Waals surface area contributed by atoms with Crippen LogP contribution in [0.1, 0.15) is 11.1 Å². The summed E-state index contributed by atoms with van der Waals surface area (Å²) in [5.74, 6) is -1.02. The van der Waals surface area contributed by atoms with Gasteiger partial charge in [0.2, 0.25) is 0 Å². The number of benzene rings is 2. The zero-order chi connectivity index (χ0) is 15.6. The first-order chi connectivity index (χ1) is 9.83. The van der Waals surface area contributed by atoms with Gasteiger partial charge in [0.15, 0.2) is 0 Å². The quantitative estimate of drug-likeness (QED) is 0.911. The molecule has 0 saturated carbocycles. The summed E-state index contributed by atoms with van der Waals surface area (Å²) < 4.78 is 53.2. The summed E-state index contributed by atoms with van der Waals surface area (Å²) in [6, 6.07) is 7.07. The van der Waals surface area contributed by atoms with E-state index in [1.807, 2.05) is 0 Å². The number of aryl methyl sites for hydroxylation is 1. The van der Waals surface area contributed by atoms with Gasteiger partial charge in [-0.3, -0.25) is 4.72 Å². The molecule has 0 unspecified atom stereocenters. The molecule has 0 spiro atoms. The van der Waals surface area contributed by atoms with Crippen molar-refractivity contribution >= 4 is 15.7 Å². The number of anilines is 1. The Morgan fingerprint density at radius 3 is 2.48 bits per heavy atom. The first-order valence-corrected chi connectivity index (χ1v) is 7.59. The molecule has 0 aliphatic carbocycles. The summed E-state index contributed by atoms with van der Waals surface area (Å²) in [7, 11) is -3.89. The van der Waals surface area contributed by atoms with Crippen molar-refractivity contribution in [3.8, 4) is 0 Å². The van der Waals surface area contributed by atoms with E-state index < -0.39 is 21.7 Å². The lowest BCUT2D eigenvalue weighted by atomic mass is 10.2. The molecule has 0 saturated heterocycles. The molecule has 2 aromatic carbocycles. The third kappa shape index (κ3) is 3.37. The van der Waals surface area contributed by atoms with Crippen molar-refractivity contribution < 1.29 is 17.2 Å². The lowest BCUT2D eigenvalue weighted by molar-refractivity contribution is 0.596. The van der Waals surface area contributed by atoms with E-state index in [2.05, 4.69) is 4.72 Å². The van der Waals surface area contributed by atoms with E-state index in [9.17, 15) is 17.2 Å². The second-order valence-corrected chi connectivity index (χ2v) is 6.20. The van der Waals surface area contributed by atoms with Crippen LogP contribution in [0.15, 0.2) is 41.3 Å². The minimum absolute atomic E-state index is 0.104. The fraction of sp³-hybridized carbons (Fsp3) is 0.143. The Hall–Kier alpha value is -1.99. The van der Waals surface area contributed by atoms with Gasteiger partial charge in [0.1, 0.15) is 11.6 Å². The zero-order valence-electron chi connectivity index (χ0n) is 11.2. The van der Waals surface area contributed by atoms with Crippen LogP contribution in [0.25, 0.3) is 0 Å². The van der Waals surface area contributed by atoms with Gasteiger partial charge in [-0.15, -0.1) is 0 Å². The second kappa shape index (κ2) is 5.79. The average molecular weight is 312 g/mol. The Labute approximate surface area is 121 Å². The highest BCUT2D eigenvalue weighted by Gasteiger charge is 2.17. The molecule has 0 aliphatic rings. The van der Waals surface area contributed by atoms with Crippen LogP contribution < -0.4 is 10.5 Å². The van der Waals surface area contributed by atoms with Crippen LogP contribution in [0.3, 0.4) is 0 Å². The maximum absolute atomic E-state index is 13.4. The van der Waals surface area contributed by atoms with Crippen molar-refractivity contribution in [2.24, 2.45) is 5.73 Å². The molecule has 21 heavy (non-hydrogen) atoms. The van der Waals surface area contributed by atoms with Crippen LogP contribution in [-0.4, -0.2) is 8.42 Å². The zero-order valence-corrected chi connectivity index (χ0v) is 12.0. The number of halogens is 2. The Kier molecular flexibility index (Phi) is 4.24. The van der Waals surface area contributed by atoms with Crippen molar-refractivity contribution in [1.29, 1.82) is 0 Å². The molecule has 0 radical (unpaired) electrons. The highest BCUT2D eigenvalue weighted by Crippen LogP contribution is 2.21. The number of hydrogen-bond donors (Lipinski definition) is 2. The summed E-state index contributed by atoms with van der Waals surface area (Å²) in [5, 5.41) is 0. The summed E-state index contributed by atoms with van der Waals surface area (Å²) in [4.78, 5) is -0.104. The van der Waals surface area contributed by atoms with Gasteiger partial charge in [-0.25, -0.2) is 17.2 Å². The summed E-state index contributed by atoms with van der Waals surface area (Å²) in [5.41, 5.74) is 6.17. The number of sulfonamides is 1. The molecule has 0 heterocycles. The van der Waals surface area contributed by atoms with Gasteiger partial charge in [0.25, 0.3) is 10.0 Å². The third-order valence-corrected chi connectivity index (χ3v) is 4.34. The maximum atomic E-state index is 13.4. The first-order valence-electron chi connectivity index (χ1n) is 6.11. The number of rotatable bonds is 4. The Morgan fingerprint density at radius 1 is 1.14 bits per heavy atom. The van der Waals surface area contributed by atoms with Crippen LogP contribution in [0.5, 0.6) is 0 Å². The van der Waals surface area contributed by atoms with E-state index >= 15 is 0 Å². The summed E-state index contributed by atoms with van der Waals surface area (Å²) in [6.07, 6.45) is 0. The predicted molar refractivity (Wildman–Crippen MR) is 76.2 cm³/mol. The maximum Gasteiger partial charge on any atom is 0.261 e. The number of hydrogen-bond acceptors (Lipinski definition) is 3. The average Bonchev–Trinajstić information content (AvgIpc) is 2.42. The van der Waals surface area contributed by atoms with Crippen molar-refractivity contribution in [2.75, 3.05) is 4.72 Å². The van der Waals surface area contributed by atoms with E-state index in [1.54, 1.807) is 6.92 Å². The van der Waals surface area contributed by atoms with Crippen molar-refractivity contribution in [1.82, 2.24) is 0 Å². The fourth-order valence-electron chi connectivity index (χ4n) is 1.82. The molecule has 0 atom stereocenters. The van der Waals surface area contributed by atoms with Crippen molar-refractivity contribution in [3.05, 3.63) is 59.2 Å². The molecule has 0 bridgehead atoms. The van der Waals surface area contributed by atoms with Crippen LogP contribution in [0.2, 0.25) is 0 Å². The Bertz CT molecular complexity index is 777. The van der Waals surface area contributed by atoms with Gasteiger partial charge in [-0.05, 0) is 48.9 Å². The third-order valence-electron chi connectivity index (χ3n) is 2.98. The van der Waals surface area contributed by atoms with E-state index in [1.165, 1.54) is 18.2 Å². The van der Waals surface area contributed by atoms with Crippen molar-refractivity contribution in [3.63, 3.8) is 0 Å². The van der Waals surface area contributed by atoms with E-state index in [0.717, 1.165) is 18.2 Å². The van der Waals surface area contributed by atoms with Gasteiger partial charge in [0.05, 0.1) is 10.6 Å². The Balaban J connectivity index is 2.38. The standard InChI is InChI=1S/C14H14F2N2O2S/c1-9-6-11(15)2-5-14(9)18-21(19,20)12-3-4-13(16)10(7-12)8-17/h2-7,18H,8,17H2,1H3. The molecule has 0 aromatic heterocycles. The van der Waals surface area contributed by atoms with Gasteiger partial charge in [0, 0.05) is 12.1 Å². The lowest BCUT2D eigenvalue weighted by Gasteiger charge is -2.11. The second-order valence-electron chi connectivity index (χ2n) is 4.52. The summed E-state index contributed by atoms with van der Waals surface area (Å²) >= 11 is 0. The molecule has 0 aliphatic heterocycles. The fourth-order valence-corrected chi connectivity index (χ4v) is 3.00. The highest BCUT2D eigenvalue weighted by atomic mass is 32.2. The molecule has 0 fully saturated rings. The van der Waals surface area contributed by atoms with E-state index in [0.29, 0.717) is 5.56 Å². The van der Waals surface area contributed by atoms with Crippen LogP contribution >= 0.6 is 0 Å². The monoisotopic (exact) mass is 312 g/mol. The molecule has 2 aromatic rings. The van der Waals surface area contributed by atoms with E-state index in [4.69, 9.17) is 5.73 Å². The number of nitrogens with one attached hydrogen (secondary N) is 1. The summed E-state index contributed by atoms with van der Waals surface area (Å²) in [6.45, 7) is 1.47. The SMILES string of the molecule is Cc1cc(F)ccc1NS(=O)(=O)c1ccc(F)c(CN)c1. The molecular weight excluding hydrogens is 298 g/mol. The largest absolute Gasteiger partial charge is 0.326 e. The smallest absolute Gasteiger partial charge is 0.261 e. The first kappa shape index (κ1) is 15.4. The minimum atomic E-state index is -3.89. The molecule has 112 valence electrons. The van der Waals surface area contributed by atoms with Crippen molar-refractivity contribution in [2.45, 2.75) is 18.4 Å². The molecule has 7 heteroatoms. The van der Waals surface area contributed by atoms with Crippen LogP contribution in [0, 0.1) is 18.6 Å². The van der Waals surface area contributed by atoms with Gasteiger partial charge in [-0.2, -0.15) is 0 Å². The molecule has 4 nitrogen and oxygen atoms in total. The minimum Gasteiger partial charge on any atom is -0.326 e. The topological polar surface area (TPSA) is 72.2 Å². The van der Waals surface area contributed by atoms with Gasteiger partial charge < -0.3 is 5.73 Å². The molecule has 2 rings (SSSR count). The molecular formula is C14H14F2N2O2S. The lowest BCUT2D eigenvalue weighted by Crippen LogP contribution is -2.15. The van der Waals surface area contributed by atoms with Crippen LogP contribution in [0.4, 0.5) is 14.5 Å². The Morgan fingerprint density at radius 2 is 1.86 bits per heavy atom. The molecule has 0 amide bonds. The van der Waals surface area contributed by atoms with Gasteiger partial charge in [-0.1, -0.05) is 0 Å². The number of nitrogens with two attached hydrogens (primary N) is 1. The van der Waals surface area contributed by atoms with Gasteiger partial charge >= 0.3 is 0 Å². The van der Waals surface area contributed by atoms with E-state index in [-0.39, 0.29) is 22.7 Å². The highest BCUT2D eigenvalue weighted by molar-refractivity contribution is 7.92.